The van der Waals surface area contributed by atoms with Gasteiger partial charge in [-0.05, 0) is 30.3 Å². The molecule has 0 bridgehead atoms. The third-order valence-electron chi connectivity index (χ3n) is 3.76. The number of halogens is 1. The zero-order chi connectivity index (χ0) is 19.2. The second-order valence-corrected chi connectivity index (χ2v) is 5.99. The standard InChI is InChI=1S/C18H13ClN4O.CO2/c19-12-6-7-14-15(9-12)22-16(24)8-11-10-20-18(23-17(11)14)21-13-4-2-1-3-5-13;2-1-3/h1-7,9-10H,8H2,(H,22,24)(H,20,21,23);. The molecule has 7 nitrogen and oxygen atoms in total. The number of hydrogen-bond donors (Lipinski definition) is 2. The Morgan fingerprint density at radius 1 is 1.11 bits per heavy atom. The van der Waals surface area contributed by atoms with Gasteiger partial charge in [-0.3, -0.25) is 4.79 Å². The topological polar surface area (TPSA) is 101 Å². The highest BCUT2D eigenvalue weighted by Crippen LogP contribution is 2.34. The maximum absolute atomic E-state index is 12.1. The summed E-state index contributed by atoms with van der Waals surface area (Å²) in [6.45, 7) is 0. The summed E-state index contributed by atoms with van der Waals surface area (Å²) in [4.78, 5) is 37.3. The number of amides is 1. The lowest BCUT2D eigenvalue weighted by molar-refractivity contribution is -0.191. The van der Waals surface area contributed by atoms with Crippen LogP contribution in [0.25, 0.3) is 11.3 Å². The molecule has 1 aromatic heterocycles. The molecule has 0 unspecified atom stereocenters. The first kappa shape index (κ1) is 18.3. The van der Waals surface area contributed by atoms with Gasteiger partial charge in [-0.1, -0.05) is 29.8 Å². The van der Waals surface area contributed by atoms with Crippen LogP contribution in [0.5, 0.6) is 0 Å². The van der Waals surface area contributed by atoms with E-state index in [0.29, 0.717) is 16.7 Å². The molecule has 0 radical (unpaired) electrons. The summed E-state index contributed by atoms with van der Waals surface area (Å²) < 4.78 is 0. The fraction of sp³-hybridized carbons (Fsp3) is 0.0526. The Balaban J connectivity index is 0.000000659. The van der Waals surface area contributed by atoms with Crippen LogP contribution in [0.2, 0.25) is 5.02 Å². The van der Waals surface area contributed by atoms with Crippen molar-refractivity contribution < 1.29 is 14.4 Å². The summed E-state index contributed by atoms with van der Waals surface area (Å²) >= 11 is 6.05. The van der Waals surface area contributed by atoms with Crippen molar-refractivity contribution in [2.24, 2.45) is 0 Å². The van der Waals surface area contributed by atoms with Crippen LogP contribution < -0.4 is 10.6 Å². The highest BCUT2D eigenvalue weighted by molar-refractivity contribution is 6.31. The molecule has 0 fully saturated rings. The number of para-hydroxylation sites is 1. The van der Waals surface area contributed by atoms with Crippen LogP contribution in [0.15, 0.2) is 54.7 Å². The fourth-order valence-corrected chi connectivity index (χ4v) is 2.85. The number of nitrogens with zero attached hydrogens (tertiary/aromatic N) is 2. The molecular formula is C19H13ClN4O3. The summed E-state index contributed by atoms with van der Waals surface area (Å²) in [6.07, 6.45) is 2.17. The van der Waals surface area contributed by atoms with Gasteiger partial charge in [0.15, 0.2) is 0 Å². The van der Waals surface area contributed by atoms with Crippen molar-refractivity contribution in [3.05, 3.63) is 65.3 Å². The largest absolute Gasteiger partial charge is 0.373 e. The van der Waals surface area contributed by atoms with Gasteiger partial charge in [0.1, 0.15) is 0 Å². The minimum absolute atomic E-state index is 0.107. The maximum Gasteiger partial charge on any atom is 0.373 e. The average molecular weight is 381 g/mol. The molecule has 0 aliphatic carbocycles. The lowest BCUT2D eigenvalue weighted by Crippen LogP contribution is -2.12. The number of hydrogen-bond acceptors (Lipinski definition) is 6. The van der Waals surface area contributed by atoms with Crippen LogP contribution in [0, 0.1) is 0 Å². The number of carbonyl (C=O) groups excluding carboxylic acids is 3. The van der Waals surface area contributed by atoms with Gasteiger partial charge >= 0.3 is 6.15 Å². The van der Waals surface area contributed by atoms with Crippen molar-refractivity contribution in [1.82, 2.24) is 9.97 Å². The molecule has 8 heteroatoms. The average Bonchev–Trinajstić information content (AvgIpc) is 2.78. The minimum atomic E-state index is -0.107. The van der Waals surface area contributed by atoms with Crippen molar-refractivity contribution in [1.29, 1.82) is 0 Å². The zero-order valence-corrected chi connectivity index (χ0v) is 14.7. The molecule has 27 heavy (non-hydrogen) atoms. The quantitative estimate of drug-likeness (QED) is 0.706. The molecule has 1 amide bonds. The molecule has 0 spiro atoms. The van der Waals surface area contributed by atoms with E-state index in [0.717, 1.165) is 22.5 Å². The predicted molar refractivity (Wildman–Crippen MR) is 99.5 cm³/mol. The van der Waals surface area contributed by atoms with E-state index in [-0.39, 0.29) is 18.5 Å². The second-order valence-electron chi connectivity index (χ2n) is 5.56. The minimum Gasteiger partial charge on any atom is -0.325 e. The normalized spacial score (nSPS) is 11.5. The molecule has 0 saturated carbocycles. The lowest BCUT2D eigenvalue weighted by Gasteiger charge is -2.10. The Morgan fingerprint density at radius 2 is 1.85 bits per heavy atom. The van der Waals surface area contributed by atoms with Gasteiger partial charge in [0, 0.05) is 28.0 Å². The van der Waals surface area contributed by atoms with E-state index < -0.39 is 0 Å². The van der Waals surface area contributed by atoms with Crippen LogP contribution >= 0.6 is 11.6 Å². The van der Waals surface area contributed by atoms with Gasteiger partial charge in [-0.25, -0.2) is 9.97 Å². The molecule has 0 saturated heterocycles. The van der Waals surface area contributed by atoms with E-state index in [1.165, 1.54) is 0 Å². The highest BCUT2D eigenvalue weighted by Gasteiger charge is 2.21. The fourth-order valence-electron chi connectivity index (χ4n) is 2.67. The zero-order valence-electron chi connectivity index (χ0n) is 13.9. The maximum atomic E-state index is 12.1. The molecule has 1 aliphatic heterocycles. The summed E-state index contributed by atoms with van der Waals surface area (Å²) in [5.74, 6) is 0.375. The number of carbonyl (C=O) groups is 1. The number of anilines is 3. The molecule has 3 aromatic rings. The Morgan fingerprint density at radius 3 is 2.59 bits per heavy atom. The van der Waals surface area contributed by atoms with Gasteiger partial charge in [-0.15, -0.1) is 0 Å². The molecule has 0 atom stereocenters. The summed E-state index contributed by atoms with van der Waals surface area (Å²) in [6, 6.07) is 15.1. The third-order valence-corrected chi connectivity index (χ3v) is 3.99. The van der Waals surface area contributed by atoms with Gasteiger partial charge in [0.2, 0.25) is 11.9 Å². The van der Waals surface area contributed by atoms with E-state index in [4.69, 9.17) is 21.2 Å². The Bertz CT molecular complexity index is 1020. The molecule has 1 aliphatic rings. The van der Waals surface area contributed by atoms with Crippen LogP contribution in [0.4, 0.5) is 17.3 Å². The van der Waals surface area contributed by atoms with Crippen LogP contribution in [0.1, 0.15) is 5.56 Å². The van der Waals surface area contributed by atoms with Crippen molar-refractivity contribution in [3.8, 4) is 11.3 Å². The van der Waals surface area contributed by atoms with Gasteiger partial charge in [0.25, 0.3) is 0 Å². The monoisotopic (exact) mass is 380 g/mol. The number of benzene rings is 2. The second kappa shape index (κ2) is 8.23. The number of rotatable bonds is 2. The molecular weight excluding hydrogens is 368 g/mol. The first-order chi connectivity index (χ1) is 13.1. The van der Waals surface area contributed by atoms with E-state index in [2.05, 4.69) is 20.6 Å². The number of nitrogens with one attached hydrogen (secondary N) is 2. The summed E-state index contributed by atoms with van der Waals surface area (Å²) in [5, 5.41) is 6.61. The van der Waals surface area contributed by atoms with Crippen LogP contribution in [-0.4, -0.2) is 22.0 Å². The van der Waals surface area contributed by atoms with Crippen LogP contribution in [0.3, 0.4) is 0 Å². The summed E-state index contributed by atoms with van der Waals surface area (Å²) in [7, 11) is 0. The van der Waals surface area contributed by atoms with E-state index >= 15 is 0 Å². The van der Waals surface area contributed by atoms with Crippen molar-refractivity contribution in [2.45, 2.75) is 6.42 Å². The van der Waals surface area contributed by atoms with Crippen LogP contribution in [-0.2, 0) is 20.8 Å². The lowest BCUT2D eigenvalue weighted by atomic mass is 10.1. The summed E-state index contributed by atoms with van der Waals surface area (Å²) in [5.41, 5.74) is 3.91. The van der Waals surface area contributed by atoms with Crippen molar-refractivity contribution in [3.63, 3.8) is 0 Å². The van der Waals surface area contributed by atoms with Gasteiger partial charge < -0.3 is 10.6 Å². The Hall–Kier alpha value is -3.54. The first-order valence-electron chi connectivity index (χ1n) is 7.87. The van der Waals surface area contributed by atoms with Crippen molar-refractivity contribution >= 4 is 41.0 Å². The smallest absolute Gasteiger partial charge is 0.325 e. The molecule has 2 aromatic carbocycles. The van der Waals surface area contributed by atoms with Gasteiger partial charge in [0.05, 0.1) is 17.8 Å². The highest BCUT2D eigenvalue weighted by atomic mass is 35.5. The Kier molecular flexibility index (Phi) is 5.56. The molecule has 2 N–H and O–H groups in total. The molecule has 4 rings (SSSR count). The van der Waals surface area contributed by atoms with Crippen molar-refractivity contribution in [2.75, 3.05) is 10.6 Å². The molecule has 2 heterocycles. The van der Waals surface area contributed by atoms with Gasteiger partial charge in [-0.2, -0.15) is 9.59 Å². The first-order valence-corrected chi connectivity index (χ1v) is 8.25. The predicted octanol–water partition coefficient (Wildman–Crippen LogP) is 3.45. The third kappa shape index (κ3) is 4.36. The number of aromatic nitrogens is 2. The Labute approximate surface area is 159 Å². The van der Waals surface area contributed by atoms with E-state index in [1.807, 2.05) is 36.4 Å². The number of fused-ring (bicyclic) bond motifs is 3. The van der Waals surface area contributed by atoms with E-state index in [9.17, 15) is 4.79 Å². The SMILES string of the molecule is O=C1Cc2cnc(Nc3ccccc3)nc2-c2ccc(Cl)cc2N1.O=C=O. The molecule has 134 valence electrons. The van der Waals surface area contributed by atoms with E-state index in [1.54, 1.807) is 18.3 Å².